The van der Waals surface area contributed by atoms with E-state index >= 15 is 0 Å². The van der Waals surface area contributed by atoms with Crippen LogP contribution in [-0.4, -0.2) is 14.7 Å². The van der Waals surface area contributed by atoms with E-state index < -0.39 is 16.2 Å². The van der Waals surface area contributed by atoms with Crippen LogP contribution in [0.2, 0.25) is 0 Å². The molecule has 3 nitrogen and oxygen atoms in total. The fraction of sp³-hybridized carbons (Fsp3) is 0.200. The van der Waals surface area contributed by atoms with Crippen molar-refractivity contribution in [3.63, 3.8) is 0 Å². The second-order valence-electron chi connectivity index (χ2n) is 4.54. The number of hydrogen-bond donors (Lipinski definition) is 0. The van der Waals surface area contributed by atoms with E-state index in [1.807, 2.05) is 0 Å². The van der Waals surface area contributed by atoms with Gasteiger partial charge in [-0.25, -0.2) is 4.39 Å². The molecule has 2 aromatic carbocycles. The van der Waals surface area contributed by atoms with Gasteiger partial charge < -0.3 is 0 Å². The molecule has 0 heterocycles. The first kappa shape index (κ1) is 14.7. The molecule has 0 aliphatic carbocycles. The average Bonchev–Trinajstić information content (AvgIpc) is 2.37. The van der Waals surface area contributed by atoms with E-state index in [1.165, 1.54) is 6.07 Å². The molecule has 0 radical (unpaired) electrons. The maximum Gasteiger partial charge on any atom is 0.264 e. The van der Waals surface area contributed by atoms with Crippen LogP contribution in [-0.2, 0) is 14.3 Å². The average molecular weight is 294 g/mol. The highest BCUT2D eigenvalue weighted by Gasteiger charge is 2.13. The molecule has 0 fully saturated rings. The Hall–Kier alpha value is -1.72. The minimum Gasteiger partial charge on any atom is -0.262 e. The highest BCUT2D eigenvalue weighted by Crippen LogP contribution is 2.25. The van der Waals surface area contributed by atoms with Crippen molar-refractivity contribution >= 4 is 10.1 Å². The van der Waals surface area contributed by atoms with E-state index in [9.17, 15) is 12.8 Å². The summed E-state index contributed by atoms with van der Waals surface area (Å²) in [6.07, 6.45) is 0.441. The second kappa shape index (κ2) is 5.73. The van der Waals surface area contributed by atoms with Gasteiger partial charge in [0.25, 0.3) is 10.1 Å². The van der Waals surface area contributed by atoms with Gasteiger partial charge in [0.05, 0.1) is 12.4 Å². The first-order valence-electron chi connectivity index (χ1n) is 6.10. The van der Waals surface area contributed by atoms with Crippen molar-refractivity contribution in [2.24, 2.45) is 0 Å². The zero-order chi connectivity index (χ0) is 14.8. The monoisotopic (exact) mass is 294 g/mol. The van der Waals surface area contributed by atoms with E-state index in [0.717, 1.165) is 17.4 Å². The summed E-state index contributed by atoms with van der Waals surface area (Å²) in [6, 6.07) is 13.5. The molecule has 0 N–H and O–H groups in total. The van der Waals surface area contributed by atoms with Crippen molar-refractivity contribution < 1.29 is 17.0 Å². The lowest BCUT2D eigenvalue weighted by molar-refractivity contribution is 0.237. The fourth-order valence-electron chi connectivity index (χ4n) is 1.95. The Labute approximate surface area is 118 Å². The number of rotatable bonds is 4. The minimum absolute atomic E-state index is 0.291. The molecule has 0 bridgehead atoms. The third kappa shape index (κ3) is 3.65. The maximum absolute atomic E-state index is 13.7. The van der Waals surface area contributed by atoms with Crippen LogP contribution in [0.15, 0.2) is 48.5 Å². The van der Waals surface area contributed by atoms with E-state index in [2.05, 4.69) is 0 Å². The van der Waals surface area contributed by atoms with Gasteiger partial charge in [0, 0.05) is 5.56 Å². The number of halogens is 1. The van der Waals surface area contributed by atoms with Crippen molar-refractivity contribution in [1.82, 2.24) is 0 Å². The molecule has 0 aliphatic rings. The van der Waals surface area contributed by atoms with Crippen molar-refractivity contribution in [3.05, 3.63) is 59.9 Å². The normalized spacial score (nSPS) is 13.2. The molecular weight excluding hydrogens is 279 g/mol. The lowest BCUT2D eigenvalue weighted by Gasteiger charge is -2.12. The topological polar surface area (TPSA) is 43.4 Å². The summed E-state index contributed by atoms with van der Waals surface area (Å²) < 4.78 is 40.7. The van der Waals surface area contributed by atoms with Crippen molar-refractivity contribution in [1.29, 1.82) is 0 Å². The number of hydrogen-bond acceptors (Lipinski definition) is 3. The molecule has 106 valence electrons. The Balaban J connectivity index is 2.25. The van der Waals surface area contributed by atoms with Gasteiger partial charge in [-0.3, -0.25) is 4.18 Å². The van der Waals surface area contributed by atoms with Crippen LogP contribution in [0.25, 0.3) is 11.1 Å². The van der Waals surface area contributed by atoms with E-state index in [1.54, 1.807) is 49.4 Å². The molecule has 5 heteroatoms. The van der Waals surface area contributed by atoms with Crippen LogP contribution in [0.3, 0.4) is 0 Å². The first-order chi connectivity index (χ1) is 9.37. The van der Waals surface area contributed by atoms with Gasteiger partial charge in [0.2, 0.25) is 0 Å². The summed E-state index contributed by atoms with van der Waals surface area (Å²) in [4.78, 5) is 0. The zero-order valence-electron chi connectivity index (χ0n) is 11.2. The van der Waals surface area contributed by atoms with Gasteiger partial charge in [-0.05, 0) is 24.1 Å². The third-order valence-corrected chi connectivity index (χ3v) is 3.52. The van der Waals surface area contributed by atoms with Crippen LogP contribution in [0, 0.1) is 5.82 Å². The van der Waals surface area contributed by atoms with Gasteiger partial charge in [0.1, 0.15) is 5.82 Å². The SMILES string of the molecule is CC(OS(C)(=O)=O)c1ccc(-c2ccccc2F)cc1. The summed E-state index contributed by atoms with van der Waals surface area (Å²) in [6.45, 7) is 1.65. The molecule has 0 amide bonds. The minimum atomic E-state index is -3.50. The summed E-state index contributed by atoms with van der Waals surface area (Å²) in [5.74, 6) is -0.291. The predicted molar refractivity (Wildman–Crippen MR) is 76.2 cm³/mol. The molecule has 20 heavy (non-hydrogen) atoms. The highest BCUT2D eigenvalue weighted by molar-refractivity contribution is 7.86. The zero-order valence-corrected chi connectivity index (χ0v) is 12.0. The predicted octanol–water partition coefficient (Wildman–Crippen LogP) is 3.53. The van der Waals surface area contributed by atoms with Crippen molar-refractivity contribution in [2.75, 3.05) is 6.26 Å². The van der Waals surface area contributed by atoms with Gasteiger partial charge in [-0.1, -0.05) is 42.5 Å². The Morgan fingerprint density at radius 2 is 1.65 bits per heavy atom. The molecule has 1 atom stereocenters. The molecule has 0 spiro atoms. The first-order valence-corrected chi connectivity index (χ1v) is 7.91. The molecule has 0 aliphatic heterocycles. The summed E-state index contributed by atoms with van der Waals surface area (Å²) >= 11 is 0. The molecule has 2 rings (SSSR count). The summed E-state index contributed by atoms with van der Waals surface area (Å²) in [5.41, 5.74) is 1.96. The molecule has 0 saturated heterocycles. The van der Waals surface area contributed by atoms with E-state index in [4.69, 9.17) is 4.18 Å². The third-order valence-electron chi connectivity index (χ3n) is 2.88. The van der Waals surface area contributed by atoms with Crippen LogP contribution in [0.1, 0.15) is 18.6 Å². The molecule has 2 aromatic rings. The Morgan fingerprint density at radius 3 is 2.20 bits per heavy atom. The van der Waals surface area contributed by atoms with Gasteiger partial charge in [-0.2, -0.15) is 8.42 Å². The van der Waals surface area contributed by atoms with Crippen LogP contribution in [0.4, 0.5) is 4.39 Å². The standard InChI is InChI=1S/C15H15FO3S/c1-11(19-20(2,17)18)12-7-9-13(10-8-12)14-5-3-4-6-15(14)16/h3-11H,1-2H3. The molecular formula is C15H15FO3S. The smallest absolute Gasteiger partial charge is 0.262 e. The van der Waals surface area contributed by atoms with Crippen LogP contribution in [0.5, 0.6) is 0 Å². The van der Waals surface area contributed by atoms with Gasteiger partial charge in [-0.15, -0.1) is 0 Å². The Kier molecular flexibility index (Phi) is 4.20. The lowest BCUT2D eigenvalue weighted by Crippen LogP contribution is -2.07. The highest BCUT2D eigenvalue weighted by atomic mass is 32.2. The van der Waals surface area contributed by atoms with E-state index in [0.29, 0.717) is 5.56 Å². The lowest BCUT2D eigenvalue weighted by atomic mass is 10.0. The van der Waals surface area contributed by atoms with E-state index in [-0.39, 0.29) is 5.82 Å². The summed E-state index contributed by atoms with van der Waals surface area (Å²) in [5, 5.41) is 0. The summed E-state index contributed by atoms with van der Waals surface area (Å²) in [7, 11) is -3.50. The largest absolute Gasteiger partial charge is 0.264 e. The molecule has 0 aromatic heterocycles. The second-order valence-corrected chi connectivity index (χ2v) is 6.15. The van der Waals surface area contributed by atoms with Crippen molar-refractivity contribution in [2.45, 2.75) is 13.0 Å². The molecule has 0 saturated carbocycles. The fourth-order valence-corrected chi connectivity index (χ4v) is 2.58. The van der Waals surface area contributed by atoms with Crippen molar-refractivity contribution in [3.8, 4) is 11.1 Å². The Morgan fingerprint density at radius 1 is 1.05 bits per heavy atom. The molecule has 1 unspecified atom stereocenters. The maximum atomic E-state index is 13.7. The van der Waals surface area contributed by atoms with Crippen LogP contribution < -0.4 is 0 Å². The van der Waals surface area contributed by atoms with Gasteiger partial charge in [0.15, 0.2) is 0 Å². The van der Waals surface area contributed by atoms with Crippen LogP contribution >= 0.6 is 0 Å². The Bertz CT molecular complexity index is 693. The number of benzene rings is 2. The van der Waals surface area contributed by atoms with Gasteiger partial charge >= 0.3 is 0 Å². The quantitative estimate of drug-likeness (QED) is 0.810.